The molecule has 0 atom stereocenters. The summed E-state index contributed by atoms with van der Waals surface area (Å²) in [5.41, 5.74) is 0.394. The number of esters is 1. The van der Waals surface area contributed by atoms with Gasteiger partial charge in [-0.3, -0.25) is 4.40 Å². The van der Waals surface area contributed by atoms with Crippen molar-refractivity contribution >= 4 is 22.3 Å². The first kappa shape index (κ1) is 12.7. The molecular weight excluding hydrogens is 286 g/mol. The first-order valence-electron chi connectivity index (χ1n) is 5.61. The van der Waals surface area contributed by atoms with Crippen LogP contribution in [0.5, 0.6) is 0 Å². The molecule has 0 aliphatic heterocycles. The molecule has 0 unspecified atom stereocenters. The van der Waals surface area contributed by atoms with E-state index in [1.54, 1.807) is 10.6 Å². The molecule has 0 fully saturated rings. The molecule has 3 aromatic rings. The van der Waals surface area contributed by atoms with Crippen molar-refractivity contribution in [3.8, 4) is 11.3 Å². The molecule has 2 aromatic heterocycles. The van der Waals surface area contributed by atoms with Crippen molar-refractivity contribution in [2.75, 3.05) is 7.11 Å². The summed E-state index contributed by atoms with van der Waals surface area (Å²) in [6, 6.07) is 3.92. The van der Waals surface area contributed by atoms with E-state index in [1.165, 1.54) is 25.4 Å². The predicted molar refractivity (Wildman–Crippen MR) is 69.8 cm³/mol. The number of nitrogens with zero attached hydrogens (tertiary/aromatic N) is 2. The Morgan fingerprint density at radius 1 is 1.35 bits per heavy atom. The lowest BCUT2D eigenvalue weighted by Gasteiger charge is -1.99. The molecule has 102 valence electrons. The number of rotatable bonds is 2. The van der Waals surface area contributed by atoms with E-state index in [-0.39, 0.29) is 5.56 Å². The Morgan fingerprint density at radius 3 is 2.85 bits per heavy atom. The summed E-state index contributed by atoms with van der Waals surface area (Å²) in [4.78, 5) is 16.5. The van der Waals surface area contributed by atoms with Crippen LogP contribution in [0.15, 0.2) is 30.6 Å². The minimum Gasteiger partial charge on any atom is -0.465 e. The van der Waals surface area contributed by atoms with Crippen LogP contribution in [0, 0.1) is 11.6 Å². The highest BCUT2D eigenvalue weighted by Gasteiger charge is 2.16. The maximum Gasteiger partial charge on any atom is 0.349 e. The van der Waals surface area contributed by atoms with E-state index >= 15 is 0 Å². The first-order valence-corrected chi connectivity index (χ1v) is 6.43. The fourth-order valence-corrected chi connectivity index (χ4v) is 2.71. The van der Waals surface area contributed by atoms with E-state index in [4.69, 9.17) is 0 Å². The number of hydrogen-bond acceptors (Lipinski definition) is 4. The topological polar surface area (TPSA) is 43.6 Å². The Bertz CT molecular complexity index is 778. The van der Waals surface area contributed by atoms with Crippen LogP contribution in [0.1, 0.15) is 9.67 Å². The van der Waals surface area contributed by atoms with Crippen molar-refractivity contribution in [3.05, 3.63) is 47.1 Å². The van der Waals surface area contributed by atoms with Gasteiger partial charge in [-0.1, -0.05) is 17.4 Å². The molecule has 0 amide bonds. The minimum atomic E-state index is -0.938. The second-order valence-electron chi connectivity index (χ2n) is 4.00. The number of aromatic nitrogens is 2. The van der Waals surface area contributed by atoms with Crippen molar-refractivity contribution in [3.63, 3.8) is 0 Å². The van der Waals surface area contributed by atoms with Crippen molar-refractivity contribution < 1.29 is 18.3 Å². The molecule has 0 bridgehead atoms. The number of carbonyl (C=O) groups is 1. The van der Waals surface area contributed by atoms with Gasteiger partial charge in [0, 0.05) is 18.0 Å². The largest absolute Gasteiger partial charge is 0.465 e. The Morgan fingerprint density at radius 2 is 2.15 bits per heavy atom. The van der Waals surface area contributed by atoms with Gasteiger partial charge in [0.25, 0.3) is 0 Å². The third-order valence-corrected chi connectivity index (χ3v) is 3.75. The molecule has 0 saturated heterocycles. The van der Waals surface area contributed by atoms with E-state index in [2.05, 4.69) is 9.72 Å². The summed E-state index contributed by atoms with van der Waals surface area (Å²) in [6.45, 7) is 0. The van der Waals surface area contributed by atoms with Gasteiger partial charge in [-0.15, -0.1) is 0 Å². The van der Waals surface area contributed by atoms with Gasteiger partial charge >= 0.3 is 5.97 Å². The highest BCUT2D eigenvalue weighted by Crippen LogP contribution is 2.27. The SMILES string of the molecule is COC(=O)c1cn2cc(-c3cccc(F)c3F)nc2s1. The number of halogens is 2. The molecule has 0 N–H and O–H groups in total. The molecule has 0 spiro atoms. The van der Waals surface area contributed by atoms with Crippen LogP contribution in [0.25, 0.3) is 16.2 Å². The van der Waals surface area contributed by atoms with Crippen molar-refractivity contribution in [1.82, 2.24) is 9.38 Å². The van der Waals surface area contributed by atoms with E-state index < -0.39 is 17.6 Å². The summed E-state index contributed by atoms with van der Waals surface area (Å²) in [7, 11) is 1.29. The monoisotopic (exact) mass is 294 g/mol. The number of fused-ring (bicyclic) bond motifs is 1. The fourth-order valence-electron chi connectivity index (χ4n) is 1.82. The molecule has 0 radical (unpaired) electrons. The van der Waals surface area contributed by atoms with Crippen molar-refractivity contribution in [2.45, 2.75) is 0 Å². The van der Waals surface area contributed by atoms with Gasteiger partial charge in [0.15, 0.2) is 16.6 Å². The molecule has 4 nitrogen and oxygen atoms in total. The lowest BCUT2D eigenvalue weighted by molar-refractivity contribution is 0.0606. The van der Waals surface area contributed by atoms with E-state index in [1.807, 2.05) is 0 Å². The zero-order valence-electron chi connectivity index (χ0n) is 10.3. The van der Waals surface area contributed by atoms with Crippen LogP contribution in [0.4, 0.5) is 8.78 Å². The van der Waals surface area contributed by atoms with Gasteiger partial charge < -0.3 is 4.74 Å². The Hall–Kier alpha value is -2.28. The normalized spacial score (nSPS) is 10.9. The number of methoxy groups -OCH3 is 1. The quantitative estimate of drug-likeness (QED) is 0.682. The van der Waals surface area contributed by atoms with Crippen LogP contribution < -0.4 is 0 Å². The van der Waals surface area contributed by atoms with Crippen molar-refractivity contribution in [1.29, 1.82) is 0 Å². The van der Waals surface area contributed by atoms with Crippen LogP contribution in [0.3, 0.4) is 0 Å². The van der Waals surface area contributed by atoms with E-state index in [0.29, 0.717) is 15.5 Å². The smallest absolute Gasteiger partial charge is 0.349 e. The number of carbonyl (C=O) groups excluding carboxylic acids is 1. The highest BCUT2D eigenvalue weighted by atomic mass is 32.1. The van der Waals surface area contributed by atoms with E-state index in [0.717, 1.165) is 17.4 Å². The minimum absolute atomic E-state index is 0.0838. The van der Waals surface area contributed by atoms with Crippen LogP contribution in [0.2, 0.25) is 0 Å². The standard InChI is InChI=1S/C13H8F2N2O2S/c1-19-12(18)10-6-17-5-9(16-13(17)20-10)7-3-2-4-8(14)11(7)15/h2-6H,1H3. The Kier molecular flexibility index (Phi) is 2.98. The van der Waals surface area contributed by atoms with Gasteiger partial charge in [-0.2, -0.15) is 0 Å². The number of benzene rings is 1. The van der Waals surface area contributed by atoms with Gasteiger partial charge in [0.1, 0.15) is 4.88 Å². The van der Waals surface area contributed by atoms with Gasteiger partial charge in [0.2, 0.25) is 0 Å². The van der Waals surface area contributed by atoms with Gasteiger partial charge in [-0.25, -0.2) is 18.6 Å². The second kappa shape index (κ2) is 4.68. The molecular formula is C13H8F2N2O2S. The van der Waals surface area contributed by atoms with Crippen LogP contribution in [-0.4, -0.2) is 22.5 Å². The summed E-state index contributed by atoms with van der Waals surface area (Å²) in [6.07, 6.45) is 3.08. The first-order chi connectivity index (χ1) is 9.60. The number of hydrogen-bond donors (Lipinski definition) is 0. The van der Waals surface area contributed by atoms with Gasteiger partial charge in [-0.05, 0) is 12.1 Å². The molecule has 7 heteroatoms. The third-order valence-electron chi connectivity index (χ3n) is 2.77. The third kappa shape index (κ3) is 1.96. The summed E-state index contributed by atoms with van der Waals surface area (Å²) >= 11 is 1.12. The molecule has 1 aromatic carbocycles. The average Bonchev–Trinajstić information content (AvgIpc) is 2.99. The summed E-state index contributed by atoms with van der Waals surface area (Å²) in [5.74, 6) is -2.32. The molecule has 2 heterocycles. The number of ether oxygens (including phenoxy) is 1. The molecule has 20 heavy (non-hydrogen) atoms. The highest BCUT2D eigenvalue weighted by molar-refractivity contribution is 7.18. The molecule has 0 aliphatic carbocycles. The van der Waals surface area contributed by atoms with E-state index in [9.17, 15) is 13.6 Å². The summed E-state index contributed by atoms with van der Waals surface area (Å²) < 4.78 is 33.1. The zero-order valence-corrected chi connectivity index (χ0v) is 11.1. The Balaban J connectivity index is 2.08. The molecule has 0 aliphatic rings. The second-order valence-corrected chi connectivity index (χ2v) is 5.01. The Labute approximate surface area is 116 Å². The predicted octanol–water partition coefficient (Wildman–Crippen LogP) is 3.13. The van der Waals surface area contributed by atoms with Crippen LogP contribution >= 0.6 is 11.3 Å². The zero-order chi connectivity index (χ0) is 14.3. The lowest BCUT2D eigenvalue weighted by Crippen LogP contribution is -1.97. The van der Waals surface area contributed by atoms with Crippen molar-refractivity contribution in [2.24, 2.45) is 0 Å². The molecule has 0 saturated carbocycles. The fraction of sp³-hybridized carbons (Fsp3) is 0.0769. The maximum atomic E-state index is 13.7. The average molecular weight is 294 g/mol. The lowest BCUT2D eigenvalue weighted by atomic mass is 10.1. The maximum absolute atomic E-state index is 13.7. The summed E-state index contributed by atoms with van der Waals surface area (Å²) in [5, 5.41) is 0. The number of imidazole rings is 1. The van der Waals surface area contributed by atoms with Gasteiger partial charge in [0.05, 0.1) is 12.8 Å². The van der Waals surface area contributed by atoms with Crippen LogP contribution in [-0.2, 0) is 4.74 Å². The number of thiazole rings is 1. The molecule has 3 rings (SSSR count).